The van der Waals surface area contributed by atoms with Gasteiger partial charge in [-0.2, -0.15) is 5.26 Å². The number of fused-ring (bicyclic) bond motifs is 1. The number of rotatable bonds is 4. The Labute approximate surface area is 100 Å². The summed E-state index contributed by atoms with van der Waals surface area (Å²) in [6.45, 7) is 0.423. The molecular formula is C14H13NO2. The van der Waals surface area contributed by atoms with Crippen LogP contribution in [0.25, 0.3) is 10.8 Å². The molecule has 0 radical (unpaired) electrons. The van der Waals surface area contributed by atoms with Crippen LogP contribution < -0.4 is 9.47 Å². The van der Waals surface area contributed by atoms with E-state index in [2.05, 4.69) is 0 Å². The molecule has 0 spiro atoms. The molecule has 3 nitrogen and oxygen atoms in total. The summed E-state index contributed by atoms with van der Waals surface area (Å²) in [5.41, 5.74) is 0. The van der Waals surface area contributed by atoms with E-state index in [1.165, 1.54) is 0 Å². The second-order valence-corrected chi connectivity index (χ2v) is 3.63. The van der Waals surface area contributed by atoms with Crippen LogP contribution in [0.5, 0.6) is 11.5 Å². The molecule has 17 heavy (non-hydrogen) atoms. The molecule has 0 atom stereocenters. The van der Waals surface area contributed by atoms with Gasteiger partial charge in [0.25, 0.3) is 0 Å². The highest BCUT2D eigenvalue weighted by atomic mass is 16.5. The lowest BCUT2D eigenvalue weighted by atomic mass is 10.1. The van der Waals surface area contributed by atoms with Gasteiger partial charge in [-0.25, -0.2) is 0 Å². The van der Waals surface area contributed by atoms with Gasteiger partial charge < -0.3 is 9.47 Å². The number of nitrogens with zero attached hydrogens (tertiary/aromatic N) is 1. The summed E-state index contributed by atoms with van der Waals surface area (Å²) in [4.78, 5) is 0. The summed E-state index contributed by atoms with van der Waals surface area (Å²) >= 11 is 0. The predicted molar refractivity (Wildman–Crippen MR) is 66.2 cm³/mol. The first-order valence-corrected chi connectivity index (χ1v) is 5.41. The lowest BCUT2D eigenvalue weighted by Crippen LogP contribution is -1.95. The zero-order chi connectivity index (χ0) is 12.1. The quantitative estimate of drug-likeness (QED) is 0.753. The zero-order valence-corrected chi connectivity index (χ0v) is 9.64. The summed E-state index contributed by atoms with van der Waals surface area (Å²) in [7, 11) is 1.65. The SMILES string of the molecule is COc1ccc2ccc(OCCC#N)cc2c1. The van der Waals surface area contributed by atoms with E-state index in [4.69, 9.17) is 14.7 Å². The number of nitriles is 1. The monoisotopic (exact) mass is 227 g/mol. The van der Waals surface area contributed by atoms with Gasteiger partial charge in [-0.3, -0.25) is 0 Å². The highest BCUT2D eigenvalue weighted by molar-refractivity contribution is 5.85. The van der Waals surface area contributed by atoms with Gasteiger partial charge >= 0.3 is 0 Å². The van der Waals surface area contributed by atoms with Crippen LogP contribution >= 0.6 is 0 Å². The molecule has 0 aromatic heterocycles. The van der Waals surface area contributed by atoms with Crippen molar-refractivity contribution in [2.24, 2.45) is 0 Å². The summed E-state index contributed by atoms with van der Waals surface area (Å²) in [5, 5.41) is 10.6. The minimum absolute atomic E-state index is 0.399. The Kier molecular flexibility index (Phi) is 3.46. The van der Waals surface area contributed by atoms with E-state index in [9.17, 15) is 0 Å². The number of methoxy groups -OCH3 is 1. The third kappa shape index (κ3) is 2.67. The summed E-state index contributed by atoms with van der Waals surface area (Å²) in [6, 6.07) is 13.8. The number of hydrogen-bond acceptors (Lipinski definition) is 3. The second-order valence-electron chi connectivity index (χ2n) is 3.63. The molecule has 2 aromatic carbocycles. The molecule has 0 saturated heterocycles. The van der Waals surface area contributed by atoms with Crippen LogP contribution in [0.3, 0.4) is 0 Å². The van der Waals surface area contributed by atoms with Crippen LogP contribution in [-0.2, 0) is 0 Å². The summed E-state index contributed by atoms with van der Waals surface area (Å²) < 4.78 is 10.6. The molecule has 0 aliphatic carbocycles. The Hall–Kier alpha value is -2.21. The molecule has 0 heterocycles. The molecule has 0 bridgehead atoms. The van der Waals surface area contributed by atoms with E-state index >= 15 is 0 Å². The molecule has 0 saturated carbocycles. The van der Waals surface area contributed by atoms with Gasteiger partial charge in [0, 0.05) is 0 Å². The van der Waals surface area contributed by atoms with Crippen molar-refractivity contribution < 1.29 is 9.47 Å². The number of benzene rings is 2. The standard InChI is InChI=1S/C14H13NO2/c1-16-13-5-3-11-4-6-14(10-12(11)9-13)17-8-2-7-15/h3-6,9-10H,2,8H2,1H3. The Morgan fingerprint density at radius 1 is 1.06 bits per heavy atom. The van der Waals surface area contributed by atoms with Crippen molar-refractivity contribution >= 4 is 10.8 Å². The molecule has 0 N–H and O–H groups in total. The maximum atomic E-state index is 8.44. The van der Waals surface area contributed by atoms with Crippen molar-refractivity contribution in [3.63, 3.8) is 0 Å². The van der Waals surface area contributed by atoms with E-state index in [1.54, 1.807) is 7.11 Å². The number of hydrogen-bond donors (Lipinski definition) is 0. The molecule has 3 heteroatoms. The Bertz CT molecular complexity index is 558. The van der Waals surface area contributed by atoms with E-state index in [1.807, 2.05) is 42.5 Å². The van der Waals surface area contributed by atoms with Crippen molar-refractivity contribution in [1.82, 2.24) is 0 Å². The molecule has 0 fully saturated rings. The number of ether oxygens (including phenoxy) is 2. The molecular weight excluding hydrogens is 214 g/mol. The molecule has 0 aliphatic heterocycles. The van der Waals surface area contributed by atoms with Crippen LogP contribution in [0.15, 0.2) is 36.4 Å². The third-order valence-electron chi connectivity index (χ3n) is 2.50. The fourth-order valence-corrected chi connectivity index (χ4v) is 1.63. The van der Waals surface area contributed by atoms with Crippen molar-refractivity contribution in [3.8, 4) is 17.6 Å². The first kappa shape index (κ1) is 11.3. The smallest absolute Gasteiger partial charge is 0.119 e. The predicted octanol–water partition coefficient (Wildman–Crippen LogP) is 3.14. The van der Waals surface area contributed by atoms with Gasteiger partial charge in [0.2, 0.25) is 0 Å². The van der Waals surface area contributed by atoms with Crippen LogP contribution in [-0.4, -0.2) is 13.7 Å². The summed E-state index contributed by atoms with van der Waals surface area (Å²) in [6.07, 6.45) is 0.399. The Morgan fingerprint density at radius 2 is 1.76 bits per heavy atom. The van der Waals surface area contributed by atoms with Crippen molar-refractivity contribution in [1.29, 1.82) is 5.26 Å². The highest BCUT2D eigenvalue weighted by Gasteiger charge is 1.99. The van der Waals surface area contributed by atoms with Crippen molar-refractivity contribution in [2.75, 3.05) is 13.7 Å². The van der Waals surface area contributed by atoms with E-state index in [0.29, 0.717) is 13.0 Å². The molecule has 86 valence electrons. The maximum Gasteiger partial charge on any atom is 0.119 e. The first-order chi connectivity index (χ1) is 8.33. The van der Waals surface area contributed by atoms with Crippen molar-refractivity contribution in [2.45, 2.75) is 6.42 Å². The fraction of sp³-hybridized carbons (Fsp3) is 0.214. The van der Waals surface area contributed by atoms with Crippen LogP contribution in [0, 0.1) is 11.3 Å². The van der Waals surface area contributed by atoms with Gasteiger partial charge in [0.1, 0.15) is 18.1 Å². The Balaban J connectivity index is 2.25. The van der Waals surface area contributed by atoms with E-state index in [0.717, 1.165) is 22.3 Å². The van der Waals surface area contributed by atoms with Gasteiger partial charge in [-0.15, -0.1) is 0 Å². The zero-order valence-electron chi connectivity index (χ0n) is 9.64. The van der Waals surface area contributed by atoms with E-state index in [-0.39, 0.29) is 0 Å². The lowest BCUT2D eigenvalue weighted by molar-refractivity contribution is 0.327. The van der Waals surface area contributed by atoms with Crippen molar-refractivity contribution in [3.05, 3.63) is 36.4 Å². The van der Waals surface area contributed by atoms with E-state index < -0.39 is 0 Å². The van der Waals surface area contributed by atoms with Gasteiger partial charge in [-0.05, 0) is 35.0 Å². The maximum absolute atomic E-state index is 8.44. The highest BCUT2D eigenvalue weighted by Crippen LogP contribution is 2.24. The normalized spacial score (nSPS) is 9.88. The molecule has 2 aromatic rings. The molecule has 0 amide bonds. The molecule has 2 rings (SSSR count). The average molecular weight is 227 g/mol. The topological polar surface area (TPSA) is 42.2 Å². The van der Waals surface area contributed by atoms with Gasteiger partial charge in [0.15, 0.2) is 0 Å². The van der Waals surface area contributed by atoms with Crippen LogP contribution in [0.4, 0.5) is 0 Å². The Morgan fingerprint density at radius 3 is 2.47 bits per heavy atom. The first-order valence-electron chi connectivity index (χ1n) is 5.41. The lowest BCUT2D eigenvalue weighted by Gasteiger charge is -2.06. The fourth-order valence-electron chi connectivity index (χ4n) is 1.63. The minimum Gasteiger partial charge on any atom is -0.497 e. The summed E-state index contributed by atoms with van der Waals surface area (Å²) in [5.74, 6) is 1.60. The van der Waals surface area contributed by atoms with Gasteiger partial charge in [-0.1, -0.05) is 12.1 Å². The van der Waals surface area contributed by atoms with Crippen LogP contribution in [0.1, 0.15) is 6.42 Å². The van der Waals surface area contributed by atoms with Crippen LogP contribution in [0.2, 0.25) is 0 Å². The largest absolute Gasteiger partial charge is 0.497 e. The van der Waals surface area contributed by atoms with Gasteiger partial charge in [0.05, 0.1) is 19.6 Å². The minimum atomic E-state index is 0.399. The molecule has 0 unspecified atom stereocenters. The average Bonchev–Trinajstić information content (AvgIpc) is 2.38. The molecule has 0 aliphatic rings. The second kappa shape index (κ2) is 5.22. The third-order valence-corrected chi connectivity index (χ3v) is 2.50.